The molecule has 0 amide bonds. The lowest BCUT2D eigenvalue weighted by atomic mass is 10.00. The number of hydrogen-bond donors (Lipinski definition) is 3. The van der Waals surface area contributed by atoms with Gasteiger partial charge in [0.25, 0.3) is 0 Å². The molecule has 0 aliphatic carbocycles. The number of aliphatic imine (C=N–C) groups is 1. The van der Waals surface area contributed by atoms with Gasteiger partial charge in [-0.1, -0.05) is 24.3 Å². The van der Waals surface area contributed by atoms with E-state index in [1.165, 1.54) is 5.56 Å². The van der Waals surface area contributed by atoms with E-state index in [0.717, 1.165) is 37.3 Å². The summed E-state index contributed by atoms with van der Waals surface area (Å²) in [5, 5.41) is 21.4. The van der Waals surface area contributed by atoms with E-state index in [1.54, 1.807) is 17.8 Å². The molecule has 1 aliphatic rings. The van der Waals surface area contributed by atoms with Crippen LogP contribution in [0.5, 0.6) is 0 Å². The van der Waals surface area contributed by atoms with Crippen LogP contribution >= 0.6 is 0 Å². The van der Waals surface area contributed by atoms with Crippen molar-refractivity contribution in [3.63, 3.8) is 0 Å². The standard InChI is InChI=1S/C24H38N6O2/c1-6-25-23(27-17-24(4,31)22-12-28-29(5)16-22)26-11-20-7-9-21(10-8-20)15-30-13-18(2)32-19(3)14-30/h7-10,12,16,18-19,31H,6,11,13-15,17H2,1-5H3,(H2,25,26,27). The molecule has 1 aliphatic heterocycles. The first-order valence-electron chi connectivity index (χ1n) is 11.4. The zero-order valence-electron chi connectivity index (χ0n) is 20.0. The van der Waals surface area contributed by atoms with Crippen molar-refractivity contribution >= 4 is 5.96 Å². The first-order valence-corrected chi connectivity index (χ1v) is 11.4. The Hall–Kier alpha value is -2.42. The van der Waals surface area contributed by atoms with Crippen LogP contribution in [0, 0.1) is 0 Å². The molecule has 0 radical (unpaired) electrons. The first kappa shape index (κ1) is 24.2. The van der Waals surface area contributed by atoms with Crippen LogP contribution in [0.2, 0.25) is 0 Å². The van der Waals surface area contributed by atoms with E-state index < -0.39 is 5.60 Å². The third-order valence-electron chi connectivity index (χ3n) is 5.62. The minimum atomic E-state index is -1.04. The minimum Gasteiger partial charge on any atom is -0.383 e. The van der Waals surface area contributed by atoms with Gasteiger partial charge in [-0.25, -0.2) is 4.99 Å². The van der Waals surface area contributed by atoms with Crippen molar-refractivity contribution < 1.29 is 9.84 Å². The Morgan fingerprint density at radius 2 is 1.84 bits per heavy atom. The fourth-order valence-corrected chi connectivity index (χ4v) is 3.99. The van der Waals surface area contributed by atoms with E-state index in [0.29, 0.717) is 19.0 Å². The summed E-state index contributed by atoms with van der Waals surface area (Å²) in [4.78, 5) is 7.14. The minimum absolute atomic E-state index is 0.281. The van der Waals surface area contributed by atoms with Gasteiger partial charge in [0, 0.05) is 45.0 Å². The van der Waals surface area contributed by atoms with Gasteiger partial charge in [-0.3, -0.25) is 9.58 Å². The molecule has 3 N–H and O–H groups in total. The first-order chi connectivity index (χ1) is 15.2. The second-order valence-electron chi connectivity index (χ2n) is 8.99. The van der Waals surface area contributed by atoms with Gasteiger partial charge < -0.3 is 20.5 Å². The zero-order valence-corrected chi connectivity index (χ0v) is 20.0. The molecular formula is C24H38N6O2. The molecule has 3 atom stereocenters. The molecule has 3 rings (SSSR count). The molecule has 0 saturated carbocycles. The molecule has 32 heavy (non-hydrogen) atoms. The van der Waals surface area contributed by atoms with E-state index in [2.05, 4.69) is 63.7 Å². The average molecular weight is 443 g/mol. The van der Waals surface area contributed by atoms with Crippen LogP contribution in [0.25, 0.3) is 0 Å². The predicted molar refractivity (Wildman–Crippen MR) is 127 cm³/mol. The van der Waals surface area contributed by atoms with Gasteiger partial charge in [0.2, 0.25) is 0 Å². The number of aryl methyl sites for hydroxylation is 1. The second-order valence-corrected chi connectivity index (χ2v) is 8.99. The third-order valence-corrected chi connectivity index (χ3v) is 5.62. The maximum atomic E-state index is 10.8. The third kappa shape index (κ3) is 7.05. The summed E-state index contributed by atoms with van der Waals surface area (Å²) in [5.74, 6) is 0.678. The van der Waals surface area contributed by atoms with Gasteiger partial charge >= 0.3 is 0 Å². The van der Waals surface area contributed by atoms with Crippen molar-refractivity contribution in [2.75, 3.05) is 26.2 Å². The number of guanidine groups is 1. The second kappa shape index (κ2) is 10.9. The Bertz CT molecular complexity index is 867. The van der Waals surface area contributed by atoms with Crippen molar-refractivity contribution in [1.29, 1.82) is 0 Å². The number of morpholine rings is 1. The Kier molecular flexibility index (Phi) is 8.28. The van der Waals surface area contributed by atoms with Crippen LogP contribution in [0.4, 0.5) is 0 Å². The molecule has 8 nitrogen and oxygen atoms in total. The van der Waals surface area contributed by atoms with E-state index >= 15 is 0 Å². The van der Waals surface area contributed by atoms with Crippen LogP contribution in [0.3, 0.4) is 0 Å². The SMILES string of the molecule is CCNC(=NCc1ccc(CN2CC(C)OC(C)C2)cc1)NCC(C)(O)c1cnn(C)c1. The topological polar surface area (TPSA) is 86.9 Å². The summed E-state index contributed by atoms with van der Waals surface area (Å²) in [6.07, 6.45) is 4.07. The van der Waals surface area contributed by atoms with Crippen LogP contribution in [0.1, 0.15) is 44.4 Å². The van der Waals surface area contributed by atoms with E-state index in [1.807, 2.05) is 20.2 Å². The summed E-state index contributed by atoms with van der Waals surface area (Å²) in [5.41, 5.74) is 2.17. The number of nitrogens with zero attached hydrogens (tertiary/aromatic N) is 4. The van der Waals surface area contributed by atoms with Gasteiger partial charge in [0.05, 0.1) is 31.5 Å². The highest BCUT2D eigenvalue weighted by Gasteiger charge is 2.25. The molecular weight excluding hydrogens is 404 g/mol. The number of hydrogen-bond acceptors (Lipinski definition) is 5. The van der Waals surface area contributed by atoms with Gasteiger partial charge in [-0.2, -0.15) is 5.10 Å². The van der Waals surface area contributed by atoms with Crippen LogP contribution in [0.15, 0.2) is 41.7 Å². The lowest BCUT2D eigenvalue weighted by Crippen LogP contribution is -2.44. The lowest BCUT2D eigenvalue weighted by molar-refractivity contribution is -0.0704. The van der Waals surface area contributed by atoms with Crippen molar-refractivity contribution in [2.45, 2.75) is 58.6 Å². The summed E-state index contributed by atoms with van der Waals surface area (Å²) in [6.45, 7) is 12.6. The summed E-state index contributed by atoms with van der Waals surface area (Å²) >= 11 is 0. The zero-order chi connectivity index (χ0) is 23.1. The fourth-order valence-electron chi connectivity index (χ4n) is 3.99. The maximum absolute atomic E-state index is 10.8. The Morgan fingerprint density at radius 1 is 1.19 bits per heavy atom. The maximum Gasteiger partial charge on any atom is 0.191 e. The molecule has 0 spiro atoms. The van der Waals surface area contributed by atoms with Crippen LogP contribution in [-0.4, -0.2) is 64.1 Å². The molecule has 0 bridgehead atoms. The molecule has 1 fully saturated rings. The highest BCUT2D eigenvalue weighted by molar-refractivity contribution is 5.79. The van der Waals surface area contributed by atoms with Gasteiger partial charge in [0.15, 0.2) is 5.96 Å². The average Bonchev–Trinajstić information content (AvgIpc) is 3.18. The number of rotatable bonds is 8. The fraction of sp³-hybridized carbons (Fsp3) is 0.583. The normalized spacial score (nSPS) is 21.9. The van der Waals surface area contributed by atoms with E-state index in [4.69, 9.17) is 4.74 Å². The molecule has 8 heteroatoms. The van der Waals surface area contributed by atoms with Gasteiger partial charge in [0.1, 0.15) is 5.60 Å². The molecule has 176 valence electrons. The molecule has 2 aromatic rings. The van der Waals surface area contributed by atoms with Crippen molar-refractivity contribution in [1.82, 2.24) is 25.3 Å². The number of aromatic nitrogens is 2. The molecule has 2 heterocycles. The summed E-state index contributed by atoms with van der Waals surface area (Å²) in [6, 6.07) is 8.65. The summed E-state index contributed by atoms with van der Waals surface area (Å²) in [7, 11) is 1.84. The highest BCUT2D eigenvalue weighted by atomic mass is 16.5. The number of benzene rings is 1. The van der Waals surface area contributed by atoms with Gasteiger partial charge in [-0.05, 0) is 38.8 Å². The van der Waals surface area contributed by atoms with Gasteiger partial charge in [-0.15, -0.1) is 0 Å². The molecule has 3 unspecified atom stereocenters. The van der Waals surface area contributed by atoms with Crippen molar-refractivity contribution in [3.05, 3.63) is 53.3 Å². The quantitative estimate of drug-likeness (QED) is 0.428. The monoisotopic (exact) mass is 442 g/mol. The van der Waals surface area contributed by atoms with Crippen LogP contribution < -0.4 is 10.6 Å². The number of nitrogens with one attached hydrogen (secondary N) is 2. The molecule has 1 aromatic carbocycles. The van der Waals surface area contributed by atoms with E-state index in [-0.39, 0.29) is 12.2 Å². The highest BCUT2D eigenvalue weighted by Crippen LogP contribution is 2.18. The smallest absolute Gasteiger partial charge is 0.191 e. The Balaban J connectivity index is 1.55. The Morgan fingerprint density at radius 3 is 2.44 bits per heavy atom. The van der Waals surface area contributed by atoms with E-state index in [9.17, 15) is 5.11 Å². The summed E-state index contributed by atoms with van der Waals surface area (Å²) < 4.78 is 7.51. The number of ether oxygens (including phenoxy) is 1. The van der Waals surface area contributed by atoms with Crippen LogP contribution in [-0.2, 0) is 30.5 Å². The largest absolute Gasteiger partial charge is 0.383 e. The molecule has 1 aromatic heterocycles. The van der Waals surface area contributed by atoms with Crippen molar-refractivity contribution in [2.24, 2.45) is 12.0 Å². The van der Waals surface area contributed by atoms with Crippen molar-refractivity contribution in [3.8, 4) is 0 Å². The molecule has 1 saturated heterocycles. The lowest BCUT2D eigenvalue weighted by Gasteiger charge is -2.35. The predicted octanol–water partition coefficient (Wildman–Crippen LogP) is 1.99. The Labute approximate surface area is 191 Å². The number of aliphatic hydroxyl groups is 1.